The molecule has 9 heteroatoms. The lowest BCUT2D eigenvalue weighted by Gasteiger charge is -2.35. The number of nitrogens with zero attached hydrogens (tertiary/aromatic N) is 4. The van der Waals surface area contributed by atoms with Gasteiger partial charge in [0.15, 0.2) is 5.65 Å². The van der Waals surface area contributed by atoms with Crippen LogP contribution in [0.1, 0.15) is 49.6 Å². The summed E-state index contributed by atoms with van der Waals surface area (Å²) in [5.41, 5.74) is 6.76. The van der Waals surface area contributed by atoms with Gasteiger partial charge in [0.05, 0.1) is 11.7 Å². The van der Waals surface area contributed by atoms with Crippen LogP contribution in [0.2, 0.25) is 0 Å². The highest BCUT2D eigenvalue weighted by Gasteiger charge is 2.33. The van der Waals surface area contributed by atoms with Crippen LogP contribution in [-0.4, -0.2) is 46.7 Å². The topological polar surface area (TPSA) is 113 Å². The van der Waals surface area contributed by atoms with Gasteiger partial charge in [0, 0.05) is 34.0 Å². The lowest BCUT2D eigenvalue weighted by atomic mass is 9.85. The number of likely N-dealkylation sites (tertiary alicyclic amines) is 1. The minimum Gasteiger partial charge on any atom is -0.463 e. The number of fused-ring (bicyclic) bond motifs is 2. The van der Waals surface area contributed by atoms with Crippen LogP contribution in [-0.2, 0) is 22.7 Å². The molecule has 0 saturated carbocycles. The van der Waals surface area contributed by atoms with Crippen molar-refractivity contribution in [1.29, 1.82) is 0 Å². The third kappa shape index (κ3) is 6.31. The van der Waals surface area contributed by atoms with Crippen LogP contribution in [0, 0.1) is 10.8 Å². The molecule has 204 valence electrons. The van der Waals surface area contributed by atoms with E-state index in [1.807, 2.05) is 56.3 Å². The summed E-state index contributed by atoms with van der Waals surface area (Å²) in [7, 11) is 2.18. The third-order valence-corrected chi connectivity index (χ3v) is 7.15. The van der Waals surface area contributed by atoms with Crippen molar-refractivity contribution < 1.29 is 9.53 Å². The third-order valence-electron chi connectivity index (χ3n) is 7.15. The van der Waals surface area contributed by atoms with E-state index >= 15 is 0 Å². The summed E-state index contributed by atoms with van der Waals surface area (Å²) in [4.78, 5) is 26.5. The fourth-order valence-electron chi connectivity index (χ4n) is 5.29. The first kappa shape index (κ1) is 27.9. The first-order valence-corrected chi connectivity index (χ1v) is 13.5. The van der Waals surface area contributed by atoms with Crippen LogP contribution in [0.15, 0.2) is 66.0 Å². The number of nitroso groups, excluding NO2 is 1. The van der Waals surface area contributed by atoms with Crippen molar-refractivity contribution in [1.82, 2.24) is 20.1 Å². The molecule has 0 amide bonds. The Kier molecular flexibility index (Phi) is 9.74. The molecule has 1 unspecified atom stereocenters. The van der Waals surface area contributed by atoms with Crippen molar-refractivity contribution in [2.45, 2.75) is 45.9 Å². The molecule has 2 aliphatic rings. The van der Waals surface area contributed by atoms with Crippen LogP contribution < -0.4 is 5.32 Å². The average Bonchev–Trinajstić information content (AvgIpc) is 3.35. The number of anilines is 1. The number of aromatic amines is 1. The molecular weight excluding hydrogens is 492 g/mol. The number of para-hydroxylation sites is 1. The van der Waals surface area contributed by atoms with Gasteiger partial charge in [-0.05, 0) is 50.5 Å². The van der Waals surface area contributed by atoms with E-state index in [9.17, 15) is 9.70 Å². The average molecular weight is 529 g/mol. The maximum atomic E-state index is 11.0. The fraction of sp³-hybridized carbons (Fsp3) is 0.367. The van der Waals surface area contributed by atoms with Gasteiger partial charge >= 0.3 is 0 Å². The summed E-state index contributed by atoms with van der Waals surface area (Å²) in [5, 5.41) is 16.6. The Balaban J connectivity index is 0.000000248. The molecule has 1 fully saturated rings. The van der Waals surface area contributed by atoms with Gasteiger partial charge in [-0.1, -0.05) is 67.6 Å². The van der Waals surface area contributed by atoms with Crippen molar-refractivity contribution in [2.24, 2.45) is 11.1 Å². The van der Waals surface area contributed by atoms with Crippen molar-refractivity contribution in [3.8, 4) is 11.1 Å². The Labute approximate surface area is 229 Å². The maximum absolute atomic E-state index is 11.0. The number of benzene rings is 2. The highest BCUT2D eigenvalue weighted by atomic mass is 16.5. The SMILES string of the molecule is CC.CN1CCC(C2Nc3ccccc3-c3c(CN=O)nnc4[nH]cc2c34)CC1.O=COCc1ccccc1. The summed E-state index contributed by atoms with van der Waals surface area (Å²) in [6, 6.07) is 18.0. The first-order chi connectivity index (χ1) is 19.2. The molecule has 2 aromatic heterocycles. The molecule has 1 atom stereocenters. The van der Waals surface area contributed by atoms with Crippen LogP contribution in [0.4, 0.5) is 5.69 Å². The zero-order valence-corrected chi connectivity index (χ0v) is 22.8. The second kappa shape index (κ2) is 13.6. The Morgan fingerprint density at radius 2 is 1.77 bits per heavy atom. The van der Waals surface area contributed by atoms with E-state index in [-0.39, 0.29) is 12.6 Å². The van der Waals surface area contributed by atoms with Crippen LogP contribution in [0.25, 0.3) is 22.2 Å². The van der Waals surface area contributed by atoms with E-state index < -0.39 is 0 Å². The number of ether oxygens (including phenoxy) is 1. The second-order valence-corrected chi connectivity index (χ2v) is 9.48. The zero-order valence-electron chi connectivity index (χ0n) is 22.8. The van der Waals surface area contributed by atoms with Gasteiger partial charge in [-0.25, -0.2) is 0 Å². The van der Waals surface area contributed by atoms with Crippen LogP contribution in [0.3, 0.4) is 0 Å². The molecule has 4 aromatic rings. The monoisotopic (exact) mass is 528 g/mol. The normalized spacial score (nSPS) is 16.3. The van der Waals surface area contributed by atoms with E-state index in [1.165, 1.54) is 5.56 Å². The highest BCUT2D eigenvalue weighted by Crippen LogP contribution is 2.46. The molecule has 6 rings (SSSR count). The first-order valence-electron chi connectivity index (χ1n) is 13.5. The molecule has 0 bridgehead atoms. The Morgan fingerprint density at radius 3 is 2.49 bits per heavy atom. The minimum atomic E-state index is 0.0239. The van der Waals surface area contributed by atoms with E-state index in [0.29, 0.717) is 24.7 Å². The molecular formula is C30H36N6O3. The number of hydrogen-bond acceptors (Lipinski definition) is 8. The molecule has 0 aliphatic carbocycles. The van der Waals surface area contributed by atoms with E-state index in [2.05, 4.69) is 60.7 Å². The van der Waals surface area contributed by atoms with E-state index in [0.717, 1.165) is 59.3 Å². The molecule has 2 aliphatic heterocycles. The molecule has 2 aromatic carbocycles. The quantitative estimate of drug-likeness (QED) is 0.230. The lowest BCUT2D eigenvalue weighted by Crippen LogP contribution is -2.34. The number of nitrogens with one attached hydrogen (secondary N) is 2. The summed E-state index contributed by atoms with van der Waals surface area (Å²) in [6.07, 6.45) is 4.36. The predicted octanol–water partition coefficient (Wildman–Crippen LogP) is 6.09. The smallest absolute Gasteiger partial charge is 0.293 e. The number of carbonyl (C=O) groups is 1. The number of rotatable bonds is 6. The largest absolute Gasteiger partial charge is 0.463 e. The molecule has 39 heavy (non-hydrogen) atoms. The van der Waals surface area contributed by atoms with Gasteiger partial charge in [0.25, 0.3) is 6.47 Å². The van der Waals surface area contributed by atoms with Crippen molar-refractivity contribution in [2.75, 3.05) is 25.5 Å². The van der Waals surface area contributed by atoms with Crippen LogP contribution >= 0.6 is 0 Å². The molecule has 1 saturated heterocycles. The van der Waals surface area contributed by atoms with Crippen molar-refractivity contribution in [3.63, 3.8) is 0 Å². The number of piperidine rings is 1. The van der Waals surface area contributed by atoms with Gasteiger partial charge < -0.3 is 19.9 Å². The molecule has 2 N–H and O–H groups in total. The van der Waals surface area contributed by atoms with Crippen molar-refractivity contribution in [3.05, 3.63) is 82.5 Å². The predicted molar refractivity (Wildman–Crippen MR) is 154 cm³/mol. The van der Waals surface area contributed by atoms with Gasteiger partial charge in [-0.3, -0.25) is 4.79 Å². The standard InChI is InChI=1S/C20H22N6O.C8H8O2.C2H6/c1-26-8-6-12(7-9-26)19-14-10-21-20-18(14)17(16(11-22-27)24-25-20)13-4-2-3-5-15(13)23-19;9-7-10-6-8-4-2-1-3-5-8;1-2/h2-5,10,12,19,23H,6-9,11H2,1H3,(H,21,25);1-5,7H,6H2;1-2H3. The summed E-state index contributed by atoms with van der Waals surface area (Å²) in [6.45, 7) is 7.06. The summed E-state index contributed by atoms with van der Waals surface area (Å²) < 4.78 is 4.54. The summed E-state index contributed by atoms with van der Waals surface area (Å²) in [5.74, 6) is 0.542. The van der Waals surface area contributed by atoms with Crippen LogP contribution in [0.5, 0.6) is 0 Å². The number of H-pyrrole nitrogens is 1. The molecule has 4 heterocycles. The highest BCUT2D eigenvalue weighted by molar-refractivity contribution is 6.01. The Hall–Kier alpha value is -4.11. The maximum Gasteiger partial charge on any atom is 0.293 e. The van der Waals surface area contributed by atoms with Crippen molar-refractivity contribution >= 4 is 23.2 Å². The number of hydrogen-bond donors (Lipinski definition) is 2. The fourth-order valence-corrected chi connectivity index (χ4v) is 5.29. The van der Waals surface area contributed by atoms with Gasteiger partial charge in [0.2, 0.25) is 0 Å². The van der Waals surface area contributed by atoms with E-state index in [4.69, 9.17) is 0 Å². The minimum absolute atomic E-state index is 0.0239. The molecule has 9 nitrogen and oxygen atoms in total. The molecule has 0 spiro atoms. The number of carbonyl (C=O) groups excluding carboxylic acids is 1. The molecule has 0 radical (unpaired) electrons. The zero-order chi connectivity index (χ0) is 27.6. The number of aromatic nitrogens is 3. The van der Waals surface area contributed by atoms with E-state index in [1.54, 1.807) is 0 Å². The Morgan fingerprint density at radius 1 is 1.05 bits per heavy atom. The van der Waals surface area contributed by atoms with Gasteiger partial charge in [-0.2, -0.15) is 10.0 Å². The summed E-state index contributed by atoms with van der Waals surface area (Å²) >= 11 is 0. The Bertz CT molecular complexity index is 1370. The second-order valence-electron chi connectivity index (χ2n) is 9.48. The lowest BCUT2D eigenvalue weighted by molar-refractivity contribution is -0.129. The van der Waals surface area contributed by atoms with Gasteiger partial charge in [0.1, 0.15) is 13.2 Å². The van der Waals surface area contributed by atoms with Gasteiger partial charge in [-0.15, -0.1) is 5.10 Å².